The molecular formula is C33H24FN3O6S. The average molecular weight is 610 g/mol. The molecule has 1 unspecified atom stereocenters. The first kappa shape index (κ1) is 27.7. The maximum atomic E-state index is 15.0. The number of amides is 2. The topological polar surface area (TPSA) is 110 Å². The molecule has 0 aliphatic carbocycles. The van der Waals surface area contributed by atoms with Crippen molar-refractivity contribution < 1.29 is 27.9 Å². The second-order valence-corrected chi connectivity index (χ2v) is 11.6. The molecule has 44 heavy (non-hydrogen) atoms. The third-order valence-corrected chi connectivity index (χ3v) is 9.11. The van der Waals surface area contributed by atoms with Crippen molar-refractivity contribution in [2.45, 2.75) is 32.9 Å². The van der Waals surface area contributed by atoms with Gasteiger partial charge in [0.05, 0.1) is 35.5 Å². The monoisotopic (exact) mass is 609 g/mol. The van der Waals surface area contributed by atoms with Crippen LogP contribution in [-0.4, -0.2) is 29.4 Å². The van der Waals surface area contributed by atoms with Crippen LogP contribution >= 0.6 is 11.3 Å². The summed E-state index contributed by atoms with van der Waals surface area (Å²) in [5.41, 5.74) is 0.0418. The molecule has 1 spiro atoms. The highest BCUT2D eigenvalue weighted by Gasteiger charge is 2.66. The lowest BCUT2D eigenvalue weighted by atomic mass is 9.84. The van der Waals surface area contributed by atoms with E-state index in [1.165, 1.54) is 11.0 Å². The second-order valence-electron chi connectivity index (χ2n) is 10.7. The summed E-state index contributed by atoms with van der Waals surface area (Å²) in [5, 5.41) is -0.0977. The van der Waals surface area contributed by atoms with Crippen LogP contribution in [0.5, 0.6) is 0 Å². The van der Waals surface area contributed by atoms with Crippen molar-refractivity contribution in [3.8, 4) is 0 Å². The molecule has 0 radical (unpaired) electrons. The number of benzene rings is 3. The third kappa shape index (κ3) is 3.78. The van der Waals surface area contributed by atoms with Crippen LogP contribution in [0.4, 0.5) is 15.2 Å². The Balaban J connectivity index is 1.53. The number of rotatable bonds is 5. The fourth-order valence-electron chi connectivity index (χ4n) is 6.03. The van der Waals surface area contributed by atoms with E-state index < -0.39 is 34.6 Å². The average Bonchev–Trinajstić information content (AvgIpc) is 3.59. The number of halogens is 1. The first-order valence-corrected chi connectivity index (χ1v) is 14.7. The summed E-state index contributed by atoms with van der Waals surface area (Å²) in [4.78, 5) is 63.8. The number of esters is 1. The molecule has 2 aromatic heterocycles. The summed E-state index contributed by atoms with van der Waals surface area (Å²) in [6.45, 7) is 5.51. The molecular weight excluding hydrogens is 585 g/mol. The van der Waals surface area contributed by atoms with E-state index in [0.717, 1.165) is 39.5 Å². The molecule has 7 rings (SSSR count). The molecule has 0 N–H and O–H groups in total. The lowest BCUT2D eigenvalue weighted by Crippen LogP contribution is -2.53. The first-order valence-electron chi connectivity index (χ1n) is 13.9. The number of anilines is 2. The number of carbonyl (C=O) groups is 3. The van der Waals surface area contributed by atoms with Gasteiger partial charge in [-0.2, -0.15) is 0 Å². The normalized spacial score (nSPS) is 17.1. The summed E-state index contributed by atoms with van der Waals surface area (Å²) >= 11 is 0.881. The van der Waals surface area contributed by atoms with E-state index in [2.05, 4.69) is 4.98 Å². The minimum absolute atomic E-state index is 0.00160. The molecule has 0 bridgehead atoms. The Kier molecular flexibility index (Phi) is 6.26. The molecule has 3 aromatic carbocycles. The van der Waals surface area contributed by atoms with Gasteiger partial charge in [-0.05, 0) is 50.6 Å². The minimum Gasteiger partial charge on any atom is -0.462 e. The highest BCUT2D eigenvalue weighted by Crippen LogP contribution is 2.55. The third-order valence-electron chi connectivity index (χ3n) is 7.98. The van der Waals surface area contributed by atoms with Crippen LogP contribution in [0.2, 0.25) is 0 Å². The fourth-order valence-corrected chi connectivity index (χ4v) is 7.04. The van der Waals surface area contributed by atoms with Crippen molar-refractivity contribution in [1.29, 1.82) is 0 Å². The van der Waals surface area contributed by atoms with E-state index >= 15 is 0 Å². The van der Waals surface area contributed by atoms with Crippen LogP contribution in [0.25, 0.3) is 11.0 Å². The van der Waals surface area contributed by atoms with Gasteiger partial charge in [0, 0.05) is 5.56 Å². The molecule has 220 valence electrons. The number of fused-ring (bicyclic) bond motifs is 5. The van der Waals surface area contributed by atoms with Crippen molar-refractivity contribution in [2.75, 3.05) is 16.4 Å². The number of aryl methyl sites for hydroxylation is 2. The maximum Gasteiger partial charge on any atom is 0.350 e. The zero-order valence-corrected chi connectivity index (χ0v) is 24.7. The Bertz CT molecular complexity index is 2100. The zero-order chi connectivity index (χ0) is 30.9. The summed E-state index contributed by atoms with van der Waals surface area (Å²) < 4.78 is 25.6. The quantitative estimate of drug-likeness (QED) is 0.238. The van der Waals surface area contributed by atoms with Crippen LogP contribution in [-0.2, 0) is 21.6 Å². The predicted molar refractivity (Wildman–Crippen MR) is 162 cm³/mol. The fraction of sp³-hybridized carbons (Fsp3) is 0.182. The number of ether oxygens (including phenoxy) is 1. The molecule has 4 heterocycles. The van der Waals surface area contributed by atoms with E-state index in [9.17, 15) is 23.6 Å². The lowest BCUT2D eigenvalue weighted by molar-refractivity contribution is -0.121. The van der Waals surface area contributed by atoms with Gasteiger partial charge in [-0.25, -0.2) is 14.2 Å². The molecule has 2 aliphatic heterocycles. The molecule has 5 aromatic rings. The Hall–Kier alpha value is -5.16. The second kappa shape index (κ2) is 9.95. The van der Waals surface area contributed by atoms with Crippen molar-refractivity contribution in [3.05, 3.63) is 121 Å². The molecule has 11 heteroatoms. The Morgan fingerprint density at radius 3 is 2.55 bits per heavy atom. The van der Waals surface area contributed by atoms with E-state index in [1.807, 2.05) is 31.2 Å². The van der Waals surface area contributed by atoms with E-state index in [0.29, 0.717) is 16.9 Å². The van der Waals surface area contributed by atoms with Crippen molar-refractivity contribution in [1.82, 2.24) is 4.98 Å². The number of nitrogens with zero attached hydrogens (tertiary/aromatic N) is 3. The molecule has 0 fully saturated rings. The van der Waals surface area contributed by atoms with Gasteiger partial charge in [0.15, 0.2) is 16.1 Å². The van der Waals surface area contributed by atoms with E-state index in [1.54, 1.807) is 38.1 Å². The molecule has 2 amide bonds. The van der Waals surface area contributed by atoms with Gasteiger partial charge in [-0.15, -0.1) is 0 Å². The maximum absolute atomic E-state index is 15.0. The van der Waals surface area contributed by atoms with Crippen LogP contribution in [0, 0.1) is 19.7 Å². The van der Waals surface area contributed by atoms with Crippen LogP contribution < -0.4 is 15.2 Å². The van der Waals surface area contributed by atoms with Crippen LogP contribution in [0.3, 0.4) is 0 Å². The van der Waals surface area contributed by atoms with Gasteiger partial charge in [-0.1, -0.05) is 59.4 Å². The van der Waals surface area contributed by atoms with Gasteiger partial charge in [0.1, 0.15) is 16.3 Å². The summed E-state index contributed by atoms with van der Waals surface area (Å²) in [5.74, 6) is -3.01. The molecule has 0 saturated carbocycles. The molecule has 9 nitrogen and oxygen atoms in total. The van der Waals surface area contributed by atoms with Gasteiger partial charge < -0.3 is 14.1 Å². The van der Waals surface area contributed by atoms with Crippen molar-refractivity contribution in [2.24, 2.45) is 0 Å². The number of para-hydroxylation sites is 1. The van der Waals surface area contributed by atoms with E-state index in [4.69, 9.17) is 9.15 Å². The van der Waals surface area contributed by atoms with Crippen molar-refractivity contribution >= 4 is 50.9 Å². The smallest absolute Gasteiger partial charge is 0.350 e. The molecule has 0 saturated heterocycles. The number of aromatic nitrogens is 1. The zero-order valence-electron chi connectivity index (χ0n) is 23.8. The number of hydrogen-bond acceptors (Lipinski definition) is 8. The first-order chi connectivity index (χ1) is 21.2. The number of hydrogen-bond donors (Lipinski definition) is 0. The minimum atomic E-state index is -2.04. The molecule has 2 aliphatic rings. The van der Waals surface area contributed by atoms with Gasteiger partial charge in [0.25, 0.3) is 11.8 Å². The van der Waals surface area contributed by atoms with E-state index in [-0.39, 0.29) is 45.5 Å². The van der Waals surface area contributed by atoms with Crippen LogP contribution in [0.1, 0.15) is 55.1 Å². The summed E-state index contributed by atoms with van der Waals surface area (Å²) in [6.07, 6.45) is 0. The summed E-state index contributed by atoms with van der Waals surface area (Å²) in [7, 11) is 0. The van der Waals surface area contributed by atoms with Gasteiger partial charge >= 0.3 is 5.97 Å². The lowest BCUT2D eigenvalue weighted by Gasteiger charge is -2.32. The summed E-state index contributed by atoms with van der Waals surface area (Å²) in [6, 6.07) is 18.0. The SMILES string of the molecule is CCOC(=O)c1sc(N2C(=O)c3oc4ccc(F)cc4c(=O)c3C23C(=O)N(Cc2ccc(C)cc2)c2ccccc23)nc1C. The van der Waals surface area contributed by atoms with Crippen molar-refractivity contribution in [3.63, 3.8) is 0 Å². The number of carbonyl (C=O) groups excluding carboxylic acids is 3. The van der Waals surface area contributed by atoms with Crippen LogP contribution in [0.15, 0.2) is 75.9 Å². The van der Waals surface area contributed by atoms with Gasteiger partial charge in [0.2, 0.25) is 5.76 Å². The molecule has 1 atom stereocenters. The standard InChI is InChI=1S/C33H24FN3O6S/c1-4-42-30(40)28-18(3)35-32(44-28)37-29(39)27-25(26(38)21-15-20(34)13-14-24(21)43-27)33(37)22-7-5-6-8-23(22)36(31(33)41)16-19-11-9-17(2)10-12-19/h5-15H,4,16H2,1-3H3. The predicted octanol–water partition coefficient (Wildman–Crippen LogP) is 5.63. The Labute approximate surface area is 254 Å². The Morgan fingerprint density at radius 1 is 1.05 bits per heavy atom. The largest absolute Gasteiger partial charge is 0.462 e. The Morgan fingerprint density at radius 2 is 1.80 bits per heavy atom. The highest BCUT2D eigenvalue weighted by atomic mass is 32.1. The van der Waals surface area contributed by atoms with Gasteiger partial charge in [-0.3, -0.25) is 19.3 Å². The number of thiazole rings is 1. The highest BCUT2D eigenvalue weighted by molar-refractivity contribution is 7.17.